The minimum atomic E-state index is 0.523. The van der Waals surface area contributed by atoms with Crippen LogP contribution >= 0.6 is 0 Å². The van der Waals surface area contributed by atoms with Crippen molar-refractivity contribution >= 4 is 0 Å². The number of aryl methyl sites for hydroxylation is 2. The molecule has 4 heteroatoms. The molecule has 0 saturated heterocycles. The lowest BCUT2D eigenvalue weighted by Gasteiger charge is -2.05. The summed E-state index contributed by atoms with van der Waals surface area (Å²) < 4.78 is 7.25. The van der Waals surface area contributed by atoms with Crippen LogP contribution in [0.4, 0.5) is 0 Å². The summed E-state index contributed by atoms with van der Waals surface area (Å²) in [6.45, 7) is 1.96. The van der Waals surface area contributed by atoms with E-state index < -0.39 is 0 Å². The summed E-state index contributed by atoms with van der Waals surface area (Å²) >= 11 is 0. The van der Waals surface area contributed by atoms with E-state index in [-0.39, 0.29) is 0 Å². The zero-order chi connectivity index (χ0) is 11.5. The predicted molar refractivity (Wildman–Crippen MR) is 59.2 cm³/mol. The van der Waals surface area contributed by atoms with E-state index in [1.54, 1.807) is 23.1 Å². The van der Waals surface area contributed by atoms with Gasteiger partial charge in [-0.2, -0.15) is 10.4 Å². The third-order valence-corrected chi connectivity index (χ3v) is 2.17. The molecule has 0 N–H and O–H groups in total. The molecule has 0 spiro atoms. The molecule has 1 aromatic carbocycles. The maximum Gasteiger partial charge on any atom is 0.165 e. The third-order valence-electron chi connectivity index (χ3n) is 2.17. The molecule has 80 valence electrons. The molecular weight excluding hydrogens is 202 g/mol. The molecule has 1 heterocycles. The van der Waals surface area contributed by atoms with Crippen LogP contribution in [0, 0.1) is 18.3 Å². The van der Waals surface area contributed by atoms with Gasteiger partial charge in [0.2, 0.25) is 0 Å². The summed E-state index contributed by atoms with van der Waals surface area (Å²) in [5, 5.41) is 12.9. The molecule has 4 nitrogen and oxygen atoms in total. The molecule has 0 fully saturated rings. The monoisotopic (exact) mass is 213 g/mol. The van der Waals surface area contributed by atoms with Crippen molar-refractivity contribution in [3.05, 3.63) is 41.7 Å². The van der Waals surface area contributed by atoms with Crippen molar-refractivity contribution in [2.75, 3.05) is 0 Å². The standard InChI is InChI=1S/C12H11N3O/c1-9-3-4-10(6-13)12(5-9)16-11-7-14-15(2)8-11/h3-5,7-8H,1-2H3. The SMILES string of the molecule is Cc1ccc(C#N)c(Oc2cnn(C)c2)c1. The van der Waals surface area contributed by atoms with E-state index in [2.05, 4.69) is 11.2 Å². The fraction of sp³-hybridized carbons (Fsp3) is 0.167. The number of nitrogens with zero attached hydrogens (tertiary/aromatic N) is 3. The molecule has 0 saturated carbocycles. The minimum absolute atomic E-state index is 0.523. The van der Waals surface area contributed by atoms with Crippen molar-refractivity contribution < 1.29 is 4.74 Å². The zero-order valence-corrected chi connectivity index (χ0v) is 9.14. The van der Waals surface area contributed by atoms with E-state index in [0.717, 1.165) is 5.56 Å². The van der Waals surface area contributed by atoms with Gasteiger partial charge in [-0.05, 0) is 24.6 Å². The van der Waals surface area contributed by atoms with E-state index in [9.17, 15) is 0 Å². The number of ether oxygens (including phenoxy) is 1. The number of aromatic nitrogens is 2. The summed E-state index contributed by atoms with van der Waals surface area (Å²) in [6.07, 6.45) is 3.37. The van der Waals surface area contributed by atoms with Crippen LogP contribution in [0.15, 0.2) is 30.6 Å². The molecule has 2 rings (SSSR count). The molecule has 2 aromatic rings. The third kappa shape index (κ3) is 2.04. The van der Waals surface area contributed by atoms with Crippen LogP contribution < -0.4 is 4.74 Å². The van der Waals surface area contributed by atoms with Gasteiger partial charge in [-0.25, -0.2) is 0 Å². The Morgan fingerprint density at radius 1 is 1.44 bits per heavy atom. The van der Waals surface area contributed by atoms with Crippen LogP contribution in [0.25, 0.3) is 0 Å². The van der Waals surface area contributed by atoms with E-state index in [4.69, 9.17) is 10.00 Å². The van der Waals surface area contributed by atoms with Gasteiger partial charge in [-0.1, -0.05) is 6.07 Å². The molecule has 0 bridgehead atoms. The number of rotatable bonds is 2. The molecule has 1 aromatic heterocycles. The van der Waals surface area contributed by atoms with E-state index in [0.29, 0.717) is 17.1 Å². The Labute approximate surface area is 93.7 Å². The van der Waals surface area contributed by atoms with Crippen molar-refractivity contribution in [3.63, 3.8) is 0 Å². The molecule has 16 heavy (non-hydrogen) atoms. The van der Waals surface area contributed by atoms with Gasteiger partial charge in [0, 0.05) is 7.05 Å². The highest BCUT2D eigenvalue weighted by molar-refractivity contribution is 5.46. The lowest BCUT2D eigenvalue weighted by atomic mass is 10.1. The molecule has 0 amide bonds. The second kappa shape index (κ2) is 4.07. The molecule has 0 aliphatic carbocycles. The lowest BCUT2D eigenvalue weighted by Crippen LogP contribution is -1.88. The predicted octanol–water partition coefficient (Wildman–Crippen LogP) is 2.39. The van der Waals surface area contributed by atoms with Crippen LogP contribution in [0.3, 0.4) is 0 Å². The lowest BCUT2D eigenvalue weighted by molar-refractivity contribution is 0.480. The molecule has 0 aliphatic heterocycles. The summed E-state index contributed by atoms with van der Waals surface area (Å²) in [5.41, 5.74) is 1.58. The average molecular weight is 213 g/mol. The maximum atomic E-state index is 8.94. The summed E-state index contributed by atoms with van der Waals surface area (Å²) in [5.74, 6) is 1.19. The Kier molecular flexibility index (Phi) is 2.61. The van der Waals surface area contributed by atoms with E-state index in [1.165, 1.54) is 0 Å². The zero-order valence-electron chi connectivity index (χ0n) is 9.14. The van der Waals surface area contributed by atoms with Gasteiger partial charge in [0.1, 0.15) is 11.8 Å². The van der Waals surface area contributed by atoms with Gasteiger partial charge in [0.25, 0.3) is 0 Å². The highest BCUT2D eigenvalue weighted by atomic mass is 16.5. The van der Waals surface area contributed by atoms with Gasteiger partial charge in [0.15, 0.2) is 5.75 Å². The highest BCUT2D eigenvalue weighted by Crippen LogP contribution is 2.25. The van der Waals surface area contributed by atoms with Crippen LogP contribution in [-0.4, -0.2) is 9.78 Å². The van der Waals surface area contributed by atoms with Crippen molar-refractivity contribution in [2.45, 2.75) is 6.92 Å². The molecule has 0 radical (unpaired) electrons. The van der Waals surface area contributed by atoms with Crippen LogP contribution in [0.1, 0.15) is 11.1 Å². The van der Waals surface area contributed by atoms with Gasteiger partial charge in [-0.3, -0.25) is 4.68 Å². The summed E-state index contributed by atoms with van der Waals surface area (Å²) in [6, 6.07) is 7.57. The van der Waals surface area contributed by atoms with E-state index >= 15 is 0 Å². The topological polar surface area (TPSA) is 50.8 Å². The Morgan fingerprint density at radius 2 is 2.25 bits per heavy atom. The largest absolute Gasteiger partial charge is 0.453 e. The number of benzene rings is 1. The first-order chi connectivity index (χ1) is 7.69. The van der Waals surface area contributed by atoms with Crippen molar-refractivity contribution in [1.82, 2.24) is 9.78 Å². The summed E-state index contributed by atoms with van der Waals surface area (Å²) in [4.78, 5) is 0. The first-order valence-corrected chi connectivity index (χ1v) is 4.86. The first kappa shape index (κ1) is 10.2. The Balaban J connectivity index is 2.34. The average Bonchev–Trinajstić information content (AvgIpc) is 2.64. The van der Waals surface area contributed by atoms with Crippen molar-refractivity contribution in [2.24, 2.45) is 7.05 Å². The number of nitriles is 1. The van der Waals surface area contributed by atoms with Crippen LogP contribution in [-0.2, 0) is 7.05 Å². The van der Waals surface area contributed by atoms with E-state index in [1.807, 2.05) is 26.1 Å². The number of hydrogen-bond acceptors (Lipinski definition) is 3. The van der Waals surface area contributed by atoms with Crippen LogP contribution in [0.2, 0.25) is 0 Å². The second-order valence-corrected chi connectivity index (χ2v) is 3.56. The highest BCUT2D eigenvalue weighted by Gasteiger charge is 2.05. The van der Waals surface area contributed by atoms with Gasteiger partial charge in [-0.15, -0.1) is 0 Å². The minimum Gasteiger partial charge on any atom is -0.453 e. The fourth-order valence-corrected chi connectivity index (χ4v) is 1.38. The second-order valence-electron chi connectivity index (χ2n) is 3.56. The Hall–Kier alpha value is -2.28. The Bertz CT molecular complexity index is 552. The maximum absolute atomic E-state index is 8.94. The van der Waals surface area contributed by atoms with Crippen molar-refractivity contribution in [1.29, 1.82) is 5.26 Å². The molecular formula is C12H11N3O. The smallest absolute Gasteiger partial charge is 0.165 e. The normalized spacial score (nSPS) is 9.81. The van der Waals surface area contributed by atoms with Gasteiger partial charge in [0.05, 0.1) is 18.0 Å². The molecule has 0 unspecified atom stereocenters. The number of hydrogen-bond donors (Lipinski definition) is 0. The van der Waals surface area contributed by atoms with Gasteiger partial charge < -0.3 is 4.74 Å². The fourth-order valence-electron chi connectivity index (χ4n) is 1.38. The summed E-state index contributed by atoms with van der Waals surface area (Å²) in [7, 11) is 1.81. The van der Waals surface area contributed by atoms with Crippen molar-refractivity contribution in [3.8, 4) is 17.6 Å². The molecule has 0 aliphatic rings. The quantitative estimate of drug-likeness (QED) is 0.769. The Morgan fingerprint density at radius 3 is 2.88 bits per heavy atom. The molecule has 0 atom stereocenters. The van der Waals surface area contributed by atoms with Crippen LogP contribution in [0.5, 0.6) is 11.5 Å². The first-order valence-electron chi connectivity index (χ1n) is 4.86. The van der Waals surface area contributed by atoms with Gasteiger partial charge >= 0.3 is 0 Å².